The number of hydrogen-bond acceptors (Lipinski definition) is 4. The molecule has 4 fully saturated rings. The van der Waals surface area contributed by atoms with E-state index >= 15 is 0 Å². The maximum atomic E-state index is 14.0. The third-order valence-electron chi connectivity index (χ3n) is 6.22. The predicted molar refractivity (Wildman–Crippen MR) is 111 cm³/mol. The lowest BCUT2D eigenvalue weighted by molar-refractivity contribution is 0.0151. The van der Waals surface area contributed by atoms with Crippen molar-refractivity contribution in [1.82, 2.24) is 24.9 Å². The number of rotatable bonds is 4. The van der Waals surface area contributed by atoms with Crippen LogP contribution in [-0.2, 0) is 6.54 Å². The normalized spacial score (nSPS) is 28.6. The van der Waals surface area contributed by atoms with Crippen LogP contribution in [0.3, 0.4) is 0 Å². The van der Waals surface area contributed by atoms with Gasteiger partial charge in [0.25, 0.3) is 0 Å². The molecule has 1 unspecified atom stereocenters. The summed E-state index contributed by atoms with van der Waals surface area (Å²) >= 11 is 6.18. The van der Waals surface area contributed by atoms with Crippen LogP contribution in [0.25, 0.3) is 0 Å². The molecule has 0 aliphatic carbocycles. The van der Waals surface area contributed by atoms with Gasteiger partial charge in [0.2, 0.25) is 0 Å². The number of benzene rings is 1. The summed E-state index contributed by atoms with van der Waals surface area (Å²) in [6.07, 6.45) is 0. The monoisotopic (exact) mass is 408 g/mol. The van der Waals surface area contributed by atoms with Gasteiger partial charge in [-0.2, -0.15) is 0 Å². The van der Waals surface area contributed by atoms with Crippen LogP contribution in [0.15, 0.2) is 23.2 Å². The predicted octanol–water partition coefficient (Wildman–Crippen LogP) is 1.17. The van der Waals surface area contributed by atoms with Gasteiger partial charge < -0.3 is 10.2 Å². The fraction of sp³-hybridized carbons (Fsp3) is 0.650. The van der Waals surface area contributed by atoms with E-state index in [1.54, 1.807) is 12.1 Å². The highest BCUT2D eigenvalue weighted by Gasteiger charge is 2.32. The van der Waals surface area contributed by atoms with Crippen molar-refractivity contribution in [3.05, 3.63) is 34.6 Å². The van der Waals surface area contributed by atoms with Crippen LogP contribution < -0.4 is 5.32 Å². The molecule has 0 saturated carbocycles. The number of nitrogens with zero attached hydrogens (tertiary/aromatic N) is 5. The van der Waals surface area contributed by atoms with Crippen LogP contribution >= 0.6 is 11.6 Å². The zero-order valence-corrected chi connectivity index (χ0v) is 17.3. The summed E-state index contributed by atoms with van der Waals surface area (Å²) in [4.78, 5) is 14.2. The van der Waals surface area contributed by atoms with Crippen LogP contribution in [0.2, 0.25) is 5.02 Å². The Morgan fingerprint density at radius 2 is 1.89 bits per heavy atom. The Kier molecular flexibility index (Phi) is 6.35. The van der Waals surface area contributed by atoms with E-state index in [4.69, 9.17) is 11.6 Å². The van der Waals surface area contributed by atoms with E-state index in [0.29, 0.717) is 23.2 Å². The molecule has 0 amide bonds. The molecule has 4 aliphatic heterocycles. The van der Waals surface area contributed by atoms with Gasteiger partial charge in [0.15, 0.2) is 5.96 Å². The summed E-state index contributed by atoms with van der Waals surface area (Å²) in [6, 6.07) is 5.46. The van der Waals surface area contributed by atoms with Crippen molar-refractivity contribution >= 4 is 17.6 Å². The molecule has 6 nitrogen and oxygen atoms in total. The van der Waals surface area contributed by atoms with E-state index in [2.05, 4.69) is 29.9 Å². The number of hydrogen-bond donors (Lipinski definition) is 1. The summed E-state index contributed by atoms with van der Waals surface area (Å²) in [6.45, 7) is 10.9. The molecule has 4 aliphatic rings. The van der Waals surface area contributed by atoms with E-state index in [1.807, 2.05) is 7.05 Å². The molecule has 4 heterocycles. The Morgan fingerprint density at radius 1 is 1.14 bits per heavy atom. The number of nitrogens with one attached hydrogen (secondary N) is 1. The second kappa shape index (κ2) is 8.95. The van der Waals surface area contributed by atoms with Crippen LogP contribution in [-0.4, -0.2) is 104 Å². The average molecular weight is 409 g/mol. The van der Waals surface area contributed by atoms with Crippen molar-refractivity contribution in [3.8, 4) is 0 Å². The minimum absolute atomic E-state index is 0.222. The molecule has 1 N–H and O–H groups in total. The molecule has 1 aromatic carbocycles. The SMILES string of the molecule is CN=C(NCC1CN2CCN1CC2)N1CCN(Cc2c(F)cccc2Cl)CC1. The largest absolute Gasteiger partial charge is 0.355 e. The second-order valence-corrected chi connectivity index (χ2v) is 8.29. The maximum absolute atomic E-state index is 14.0. The zero-order valence-electron chi connectivity index (χ0n) is 16.6. The number of fused-ring (bicyclic) bond motifs is 3. The summed E-state index contributed by atoms with van der Waals surface area (Å²) in [5.74, 6) is 0.751. The van der Waals surface area contributed by atoms with Crippen LogP contribution in [0, 0.1) is 5.82 Å². The Labute approximate surface area is 171 Å². The van der Waals surface area contributed by atoms with Crippen molar-refractivity contribution in [2.45, 2.75) is 12.6 Å². The van der Waals surface area contributed by atoms with Crippen LogP contribution in [0.4, 0.5) is 4.39 Å². The molecule has 2 bridgehead atoms. The van der Waals surface area contributed by atoms with Gasteiger partial charge in [-0.1, -0.05) is 17.7 Å². The Bertz CT molecular complexity index is 678. The standard InChI is InChI=1S/C20H30ClFN6/c1-23-20(24-13-16-14-25-5-9-27(16)10-6-25)28-11-7-26(8-12-28)15-17-18(21)3-2-4-19(17)22/h2-4,16H,5-15H2,1H3,(H,23,24). The van der Waals surface area contributed by atoms with Gasteiger partial charge >= 0.3 is 0 Å². The first-order chi connectivity index (χ1) is 13.6. The van der Waals surface area contributed by atoms with Gasteiger partial charge in [0.05, 0.1) is 0 Å². The first kappa shape index (κ1) is 19.9. The van der Waals surface area contributed by atoms with Crippen LogP contribution in [0.5, 0.6) is 0 Å². The van der Waals surface area contributed by atoms with E-state index in [1.165, 1.54) is 32.2 Å². The van der Waals surface area contributed by atoms with Crippen molar-refractivity contribution in [2.75, 3.05) is 72.5 Å². The van der Waals surface area contributed by atoms with E-state index < -0.39 is 0 Å². The molecule has 8 heteroatoms. The van der Waals surface area contributed by atoms with Crippen molar-refractivity contribution < 1.29 is 4.39 Å². The molecule has 4 saturated heterocycles. The first-order valence-corrected chi connectivity index (χ1v) is 10.6. The molecule has 154 valence electrons. The Hall–Kier alpha value is -1.41. The summed E-state index contributed by atoms with van der Waals surface area (Å²) in [5.41, 5.74) is 0.594. The molecule has 0 spiro atoms. The summed E-state index contributed by atoms with van der Waals surface area (Å²) < 4.78 is 14.0. The minimum atomic E-state index is -0.222. The first-order valence-electron chi connectivity index (χ1n) is 10.2. The molecule has 1 atom stereocenters. The number of piperazine rings is 4. The highest BCUT2D eigenvalue weighted by atomic mass is 35.5. The number of aliphatic imine (C=N–C) groups is 1. The Morgan fingerprint density at radius 3 is 2.50 bits per heavy atom. The van der Waals surface area contributed by atoms with E-state index in [-0.39, 0.29) is 5.82 Å². The number of halogens is 2. The lowest BCUT2D eigenvalue weighted by Gasteiger charge is -2.47. The molecule has 1 aromatic rings. The molecule has 5 rings (SSSR count). The molecule has 0 aromatic heterocycles. The fourth-order valence-corrected chi connectivity index (χ4v) is 4.71. The molecular weight excluding hydrogens is 379 g/mol. The lowest BCUT2D eigenvalue weighted by Crippen LogP contribution is -2.64. The van der Waals surface area contributed by atoms with Gasteiger partial charge in [0, 0.05) is 95.7 Å². The van der Waals surface area contributed by atoms with Crippen molar-refractivity contribution in [1.29, 1.82) is 0 Å². The summed E-state index contributed by atoms with van der Waals surface area (Å²) in [5, 5.41) is 4.09. The highest BCUT2D eigenvalue weighted by Crippen LogP contribution is 2.21. The van der Waals surface area contributed by atoms with E-state index in [9.17, 15) is 4.39 Å². The van der Waals surface area contributed by atoms with E-state index in [0.717, 1.165) is 45.2 Å². The lowest BCUT2D eigenvalue weighted by atomic mass is 10.1. The molecular formula is C20H30ClFN6. The topological polar surface area (TPSA) is 37.4 Å². The average Bonchev–Trinajstić information content (AvgIpc) is 2.73. The van der Waals surface area contributed by atoms with Crippen molar-refractivity contribution in [2.24, 2.45) is 4.99 Å². The van der Waals surface area contributed by atoms with Gasteiger partial charge in [-0.15, -0.1) is 0 Å². The number of guanidine groups is 1. The smallest absolute Gasteiger partial charge is 0.193 e. The quantitative estimate of drug-likeness (QED) is 0.598. The van der Waals surface area contributed by atoms with Gasteiger partial charge in [-0.05, 0) is 12.1 Å². The second-order valence-electron chi connectivity index (χ2n) is 7.88. The zero-order chi connectivity index (χ0) is 19.5. The fourth-order valence-electron chi connectivity index (χ4n) is 4.48. The molecule has 0 radical (unpaired) electrons. The third kappa shape index (κ3) is 4.43. The summed E-state index contributed by atoms with van der Waals surface area (Å²) in [7, 11) is 1.85. The highest BCUT2D eigenvalue weighted by molar-refractivity contribution is 6.31. The molecule has 28 heavy (non-hydrogen) atoms. The van der Waals surface area contributed by atoms with Gasteiger partial charge in [-0.25, -0.2) is 4.39 Å². The Balaban J connectivity index is 1.26. The van der Waals surface area contributed by atoms with Crippen molar-refractivity contribution in [3.63, 3.8) is 0 Å². The minimum Gasteiger partial charge on any atom is -0.355 e. The van der Waals surface area contributed by atoms with Crippen LogP contribution in [0.1, 0.15) is 5.56 Å². The maximum Gasteiger partial charge on any atom is 0.193 e. The third-order valence-corrected chi connectivity index (χ3v) is 6.57. The van der Waals surface area contributed by atoms with Gasteiger partial charge in [-0.3, -0.25) is 19.7 Å². The van der Waals surface area contributed by atoms with Gasteiger partial charge in [0.1, 0.15) is 5.82 Å².